The maximum Gasteiger partial charge on any atom is 0.335 e. The zero-order valence-electron chi connectivity index (χ0n) is 10.7. The first-order chi connectivity index (χ1) is 8.72. The molecular formula is C15H19NO2. The summed E-state index contributed by atoms with van der Waals surface area (Å²) in [7, 11) is 0. The van der Waals surface area contributed by atoms with Crippen molar-refractivity contribution in [2.75, 3.05) is 0 Å². The van der Waals surface area contributed by atoms with E-state index in [4.69, 9.17) is 5.11 Å². The molecule has 1 aromatic carbocycles. The van der Waals surface area contributed by atoms with Gasteiger partial charge in [-0.1, -0.05) is 32.3 Å². The molecule has 0 radical (unpaired) electrons. The normalized spacial score (nSPS) is 10.9. The molecule has 1 aromatic heterocycles. The minimum absolute atomic E-state index is 0.357. The second kappa shape index (κ2) is 5.71. The van der Waals surface area contributed by atoms with E-state index in [1.807, 2.05) is 18.3 Å². The third kappa shape index (κ3) is 2.73. The van der Waals surface area contributed by atoms with Crippen LogP contribution in [-0.2, 0) is 6.54 Å². The van der Waals surface area contributed by atoms with E-state index in [-0.39, 0.29) is 0 Å². The van der Waals surface area contributed by atoms with E-state index in [0.717, 1.165) is 23.9 Å². The predicted octanol–water partition coefficient (Wildman–Crippen LogP) is 3.92. The molecule has 0 amide bonds. The van der Waals surface area contributed by atoms with Gasteiger partial charge in [0.15, 0.2) is 0 Å². The van der Waals surface area contributed by atoms with Crippen molar-refractivity contribution in [1.29, 1.82) is 0 Å². The van der Waals surface area contributed by atoms with Crippen LogP contribution in [0.5, 0.6) is 0 Å². The van der Waals surface area contributed by atoms with Gasteiger partial charge in [0.25, 0.3) is 0 Å². The molecule has 18 heavy (non-hydrogen) atoms. The first kappa shape index (κ1) is 12.7. The number of nitrogens with zero attached hydrogens (tertiary/aromatic N) is 1. The molecule has 0 bridgehead atoms. The molecule has 1 N–H and O–H groups in total. The smallest absolute Gasteiger partial charge is 0.335 e. The zero-order valence-corrected chi connectivity index (χ0v) is 10.7. The van der Waals surface area contributed by atoms with Crippen LogP contribution in [-0.4, -0.2) is 15.6 Å². The Kier molecular flexibility index (Phi) is 4.03. The van der Waals surface area contributed by atoms with Crippen LogP contribution in [0.1, 0.15) is 43.0 Å². The van der Waals surface area contributed by atoms with Crippen molar-refractivity contribution in [3.05, 3.63) is 36.0 Å². The molecule has 0 aliphatic carbocycles. The van der Waals surface area contributed by atoms with Crippen molar-refractivity contribution < 1.29 is 9.90 Å². The van der Waals surface area contributed by atoms with Crippen LogP contribution < -0.4 is 0 Å². The number of hydrogen-bond donors (Lipinski definition) is 1. The van der Waals surface area contributed by atoms with E-state index in [0.29, 0.717) is 5.56 Å². The molecule has 2 rings (SSSR count). The van der Waals surface area contributed by atoms with Crippen molar-refractivity contribution in [2.24, 2.45) is 0 Å². The summed E-state index contributed by atoms with van der Waals surface area (Å²) in [5, 5.41) is 10.1. The zero-order chi connectivity index (χ0) is 13.0. The highest BCUT2D eigenvalue weighted by Crippen LogP contribution is 2.18. The number of hydrogen-bond acceptors (Lipinski definition) is 1. The molecular weight excluding hydrogens is 226 g/mol. The van der Waals surface area contributed by atoms with Crippen molar-refractivity contribution in [1.82, 2.24) is 4.57 Å². The minimum atomic E-state index is -0.865. The van der Waals surface area contributed by atoms with E-state index in [1.54, 1.807) is 12.1 Å². The van der Waals surface area contributed by atoms with E-state index < -0.39 is 5.97 Å². The van der Waals surface area contributed by atoms with E-state index in [1.165, 1.54) is 19.3 Å². The molecule has 0 saturated carbocycles. The summed E-state index contributed by atoms with van der Waals surface area (Å²) >= 11 is 0. The number of unbranched alkanes of at least 4 members (excludes halogenated alkanes) is 3. The summed E-state index contributed by atoms with van der Waals surface area (Å²) in [5.74, 6) is -0.865. The molecule has 0 atom stereocenters. The summed E-state index contributed by atoms with van der Waals surface area (Å²) < 4.78 is 2.15. The van der Waals surface area contributed by atoms with Crippen LogP contribution in [0.4, 0.5) is 0 Å². The SMILES string of the molecule is CCCCCCn1ccc2ccc(C(=O)O)cc21. The standard InChI is InChI=1S/C15H19NO2/c1-2-3-4-5-9-16-10-8-12-6-7-13(15(17)18)11-14(12)16/h6-8,10-11H,2-5,9H2,1H3,(H,17,18). The molecule has 0 aliphatic rings. The molecule has 0 saturated heterocycles. The van der Waals surface area contributed by atoms with Gasteiger partial charge in [-0.25, -0.2) is 4.79 Å². The highest BCUT2D eigenvalue weighted by Gasteiger charge is 2.06. The number of rotatable bonds is 6. The second-order valence-corrected chi connectivity index (χ2v) is 4.65. The maximum absolute atomic E-state index is 11.0. The third-order valence-corrected chi connectivity index (χ3v) is 3.27. The van der Waals surface area contributed by atoms with Gasteiger partial charge in [0.05, 0.1) is 5.56 Å². The molecule has 0 aliphatic heterocycles. The van der Waals surface area contributed by atoms with Gasteiger partial charge in [-0.15, -0.1) is 0 Å². The fraction of sp³-hybridized carbons (Fsp3) is 0.400. The fourth-order valence-electron chi connectivity index (χ4n) is 2.22. The lowest BCUT2D eigenvalue weighted by atomic mass is 10.1. The van der Waals surface area contributed by atoms with Crippen LogP contribution in [0.15, 0.2) is 30.5 Å². The molecule has 3 nitrogen and oxygen atoms in total. The Hall–Kier alpha value is -1.77. The number of benzene rings is 1. The molecule has 3 heteroatoms. The largest absolute Gasteiger partial charge is 0.478 e. The molecule has 0 fully saturated rings. The van der Waals surface area contributed by atoms with E-state index in [9.17, 15) is 4.79 Å². The van der Waals surface area contributed by atoms with Gasteiger partial charge in [0.1, 0.15) is 0 Å². The highest BCUT2D eigenvalue weighted by atomic mass is 16.4. The van der Waals surface area contributed by atoms with Gasteiger partial charge in [-0.05, 0) is 30.0 Å². The molecule has 1 heterocycles. The average Bonchev–Trinajstić information content (AvgIpc) is 2.77. The van der Waals surface area contributed by atoms with E-state index in [2.05, 4.69) is 11.5 Å². The summed E-state index contributed by atoms with van der Waals surface area (Å²) in [4.78, 5) is 11.0. The van der Waals surface area contributed by atoms with Crippen LogP contribution >= 0.6 is 0 Å². The Morgan fingerprint density at radius 3 is 2.78 bits per heavy atom. The van der Waals surface area contributed by atoms with Crippen molar-refractivity contribution >= 4 is 16.9 Å². The van der Waals surface area contributed by atoms with Gasteiger partial charge in [0.2, 0.25) is 0 Å². The van der Waals surface area contributed by atoms with Crippen LogP contribution in [0, 0.1) is 0 Å². The fourth-order valence-corrected chi connectivity index (χ4v) is 2.22. The highest BCUT2D eigenvalue weighted by molar-refractivity contribution is 5.93. The number of carboxylic acid groups (broad SMARTS) is 1. The number of carboxylic acids is 1. The first-order valence-electron chi connectivity index (χ1n) is 6.54. The molecule has 2 aromatic rings. The van der Waals surface area contributed by atoms with Gasteiger partial charge in [0, 0.05) is 18.3 Å². The van der Waals surface area contributed by atoms with Gasteiger partial charge < -0.3 is 9.67 Å². The van der Waals surface area contributed by atoms with Gasteiger partial charge in [-0.2, -0.15) is 0 Å². The Balaban J connectivity index is 2.17. The Morgan fingerprint density at radius 1 is 1.22 bits per heavy atom. The lowest BCUT2D eigenvalue weighted by Gasteiger charge is -2.05. The van der Waals surface area contributed by atoms with Gasteiger partial charge >= 0.3 is 5.97 Å². The third-order valence-electron chi connectivity index (χ3n) is 3.27. The van der Waals surface area contributed by atoms with Crippen LogP contribution in [0.2, 0.25) is 0 Å². The van der Waals surface area contributed by atoms with Crippen LogP contribution in [0.25, 0.3) is 10.9 Å². The molecule has 96 valence electrons. The second-order valence-electron chi connectivity index (χ2n) is 4.65. The lowest BCUT2D eigenvalue weighted by Crippen LogP contribution is -1.99. The van der Waals surface area contributed by atoms with Crippen molar-refractivity contribution in [3.8, 4) is 0 Å². The quantitative estimate of drug-likeness (QED) is 0.784. The summed E-state index contributed by atoms with van der Waals surface area (Å²) in [6, 6.07) is 7.34. The van der Waals surface area contributed by atoms with Crippen LogP contribution in [0.3, 0.4) is 0 Å². The van der Waals surface area contributed by atoms with Crippen molar-refractivity contribution in [2.45, 2.75) is 39.2 Å². The summed E-state index contributed by atoms with van der Waals surface area (Å²) in [6.07, 6.45) is 6.92. The van der Waals surface area contributed by atoms with Crippen molar-refractivity contribution in [3.63, 3.8) is 0 Å². The number of aromatic carboxylic acids is 1. The number of carbonyl (C=O) groups is 1. The minimum Gasteiger partial charge on any atom is -0.478 e. The predicted molar refractivity (Wildman–Crippen MR) is 73.0 cm³/mol. The van der Waals surface area contributed by atoms with Gasteiger partial charge in [-0.3, -0.25) is 0 Å². The Morgan fingerprint density at radius 2 is 2.06 bits per heavy atom. The number of fused-ring (bicyclic) bond motifs is 1. The monoisotopic (exact) mass is 245 g/mol. The summed E-state index contributed by atoms with van der Waals surface area (Å²) in [6.45, 7) is 3.16. The Bertz CT molecular complexity index is 542. The maximum atomic E-state index is 11.0. The lowest BCUT2D eigenvalue weighted by molar-refractivity contribution is 0.0697. The summed E-state index contributed by atoms with van der Waals surface area (Å²) in [5.41, 5.74) is 1.38. The number of aromatic nitrogens is 1. The first-order valence-corrected chi connectivity index (χ1v) is 6.54. The molecule has 0 unspecified atom stereocenters. The Labute approximate surface area is 107 Å². The molecule has 0 spiro atoms. The van der Waals surface area contributed by atoms with E-state index >= 15 is 0 Å². The topological polar surface area (TPSA) is 42.2 Å². The average molecular weight is 245 g/mol. The number of aryl methyl sites for hydroxylation is 1.